The van der Waals surface area contributed by atoms with Gasteiger partial charge in [0.25, 0.3) is 0 Å². The molecule has 1 N–H and O–H groups in total. The van der Waals surface area contributed by atoms with Gasteiger partial charge >= 0.3 is 0 Å². The number of pyridine rings is 1. The Morgan fingerprint density at radius 1 is 1.11 bits per heavy atom. The summed E-state index contributed by atoms with van der Waals surface area (Å²) in [5, 5.41) is 0. The monoisotopic (exact) mass is 388 g/mol. The molecule has 1 fully saturated rings. The summed E-state index contributed by atoms with van der Waals surface area (Å²) >= 11 is 0. The van der Waals surface area contributed by atoms with Crippen molar-refractivity contribution in [3.8, 4) is 0 Å². The molecule has 1 aliphatic heterocycles. The quantitative estimate of drug-likeness (QED) is 0.809. The Labute approximate surface area is 160 Å². The Morgan fingerprint density at radius 3 is 2.52 bits per heavy atom. The van der Waals surface area contributed by atoms with Gasteiger partial charge in [-0.05, 0) is 30.7 Å². The van der Waals surface area contributed by atoms with E-state index in [0.29, 0.717) is 13.1 Å². The number of hydrogen-bond donors (Lipinski definition) is 1. The lowest BCUT2D eigenvalue weighted by Gasteiger charge is -2.36. The van der Waals surface area contributed by atoms with Crippen LogP contribution < -0.4 is 9.62 Å². The van der Waals surface area contributed by atoms with Crippen molar-refractivity contribution in [3.05, 3.63) is 54.4 Å². The number of para-hydroxylation sites is 1. The highest BCUT2D eigenvalue weighted by Gasteiger charge is 2.22. The molecule has 0 radical (unpaired) electrons. The minimum absolute atomic E-state index is 0.0340. The molecule has 8 heteroatoms. The highest BCUT2D eigenvalue weighted by molar-refractivity contribution is 7.89. The number of nitrogens with zero attached hydrogens (tertiary/aromatic N) is 3. The number of sulfonamides is 1. The van der Waals surface area contributed by atoms with E-state index >= 15 is 0 Å². The van der Waals surface area contributed by atoms with E-state index in [1.807, 2.05) is 12.1 Å². The summed E-state index contributed by atoms with van der Waals surface area (Å²) in [7, 11) is -3.63. The molecule has 0 spiro atoms. The van der Waals surface area contributed by atoms with Crippen molar-refractivity contribution < 1.29 is 13.2 Å². The summed E-state index contributed by atoms with van der Waals surface area (Å²) in [5.74, 6) is -0.0340. The highest BCUT2D eigenvalue weighted by atomic mass is 32.2. The van der Waals surface area contributed by atoms with Gasteiger partial charge in [0.1, 0.15) is 4.90 Å². The van der Waals surface area contributed by atoms with E-state index in [0.717, 1.165) is 13.1 Å². The first kappa shape index (κ1) is 19.3. The van der Waals surface area contributed by atoms with E-state index in [-0.39, 0.29) is 23.8 Å². The van der Waals surface area contributed by atoms with Gasteiger partial charge < -0.3 is 9.80 Å². The molecule has 1 aromatic carbocycles. The second-order valence-electron chi connectivity index (χ2n) is 6.49. The molecule has 0 saturated carbocycles. The van der Waals surface area contributed by atoms with Crippen LogP contribution >= 0.6 is 0 Å². The van der Waals surface area contributed by atoms with Crippen LogP contribution in [0.25, 0.3) is 0 Å². The third-order valence-electron chi connectivity index (χ3n) is 4.66. The number of aryl methyl sites for hydroxylation is 1. The third-order valence-corrected chi connectivity index (χ3v) is 6.11. The Morgan fingerprint density at radius 2 is 1.85 bits per heavy atom. The minimum atomic E-state index is -3.63. The number of nitrogens with one attached hydrogen (secondary N) is 1. The second kappa shape index (κ2) is 8.49. The average molecular weight is 388 g/mol. The first-order valence-electron chi connectivity index (χ1n) is 8.95. The molecule has 0 bridgehead atoms. The average Bonchev–Trinajstić information content (AvgIpc) is 2.69. The van der Waals surface area contributed by atoms with Gasteiger partial charge in [-0.3, -0.25) is 9.78 Å². The van der Waals surface area contributed by atoms with Gasteiger partial charge in [-0.2, -0.15) is 0 Å². The van der Waals surface area contributed by atoms with Gasteiger partial charge in [-0.15, -0.1) is 0 Å². The van der Waals surface area contributed by atoms with Gasteiger partial charge in [0.15, 0.2) is 0 Å². The number of rotatable bonds is 6. The molecule has 1 saturated heterocycles. The molecular formula is C19H24N4O3S. The summed E-state index contributed by atoms with van der Waals surface area (Å²) < 4.78 is 26.7. The van der Waals surface area contributed by atoms with Crippen molar-refractivity contribution in [2.45, 2.75) is 18.2 Å². The molecule has 1 aromatic heterocycles. The summed E-state index contributed by atoms with van der Waals surface area (Å²) in [6.45, 7) is 5.00. The molecule has 1 aliphatic rings. The first-order chi connectivity index (χ1) is 13.0. The van der Waals surface area contributed by atoms with Crippen LogP contribution in [-0.2, 0) is 14.8 Å². The fraction of sp³-hybridized carbons (Fsp3) is 0.368. The van der Waals surface area contributed by atoms with Crippen LogP contribution in [-0.4, -0.2) is 56.9 Å². The molecule has 27 heavy (non-hydrogen) atoms. The van der Waals surface area contributed by atoms with Crippen molar-refractivity contribution in [3.63, 3.8) is 0 Å². The Balaban J connectivity index is 1.47. The van der Waals surface area contributed by atoms with Crippen molar-refractivity contribution in [1.29, 1.82) is 0 Å². The van der Waals surface area contributed by atoms with Crippen molar-refractivity contribution in [2.75, 3.05) is 37.6 Å². The number of benzene rings is 1. The first-order valence-corrected chi connectivity index (χ1v) is 10.4. The zero-order chi connectivity index (χ0) is 19.3. The molecule has 1 amide bonds. The fourth-order valence-electron chi connectivity index (χ4n) is 3.15. The van der Waals surface area contributed by atoms with Crippen LogP contribution in [0.5, 0.6) is 0 Å². The van der Waals surface area contributed by atoms with Crippen molar-refractivity contribution in [2.24, 2.45) is 0 Å². The topological polar surface area (TPSA) is 82.6 Å². The fourth-order valence-corrected chi connectivity index (χ4v) is 4.15. The summed E-state index contributed by atoms with van der Waals surface area (Å²) in [6.07, 6.45) is 2.94. The SMILES string of the molecule is Cc1ccccc1N1CCN(C(=O)CCNS(=O)(=O)c2cccnc2)CC1. The third kappa shape index (κ3) is 4.84. The number of hydrogen-bond acceptors (Lipinski definition) is 5. The van der Waals surface area contributed by atoms with Crippen LogP contribution in [0.3, 0.4) is 0 Å². The molecule has 144 valence electrons. The molecule has 2 aromatic rings. The van der Waals surface area contributed by atoms with Crippen LogP contribution in [0.4, 0.5) is 5.69 Å². The van der Waals surface area contributed by atoms with Crippen LogP contribution in [0.1, 0.15) is 12.0 Å². The number of piperazine rings is 1. The standard InChI is InChI=1S/C19H24N4O3S/c1-16-5-2-3-7-18(16)22-11-13-23(14-12-22)19(24)8-10-21-27(25,26)17-6-4-9-20-15-17/h2-7,9,15,21H,8,10-14H2,1H3. The lowest BCUT2D eigenvalue weighted by molar-refractivity contribution is -0.131. The lowest BCUT2D eigenvalue weighted by Crippen LogP contribution is -2.49. The maximum atomic E-state index is 12.4. The largest absolute Gasteiger partial charge is 0.368 e. The number of carbonyl (C=O) groups is 1. The second-order valence-corrected chi connectivity index (χ2v) is 8.26. The van der Waals surface area contributed by atoms with Gasteiger partial charge in [0.2, 0.25) is 15.9 Å². The smallest absolute Gasteiger partial charge is 0.242 e. The predicted octanol–water partition coefficient (Wildman–Crippen LogP) is 1.41. The molecule has 0 aliphatic carbocycles. The Bertz CT molecular complexity index is 879. The summed E-state index contributed by atoms with van der Waals surface area (Å²) in [6, 6.07) is 11.3. The Kier molecular flexibility index (Phi) is 6.08. The zero-order valence-corrected chi connectivity index (χ0v) is 16.2. The van der Waals surface area contributed by atoms with E-state index in [4.69, 9.17) is 0 Å². The van der Waals surface area contributed by atoms with Crippen molar-refractivity contribution >= 4 is 21.6 Å². The van der Waals surface area contributed by atoms with E-state index in [1.54, 1.807) is 11.0 Å². The normalized spacial score (nSPS) is 15.0. The minimum Gasteiger partial charge on any atom is -0.368 e. The van der Waals surface area contributed by atoms with E-state index in [1.165, 1.54) is 29.7 Å². The molecule has 3 rings (SSSR count). The van der Waals surface area contributed by atoms with Gasteiger partial charge in [0, 0.05) is 57.2 Å². The van der Waals surface area contributed by atoms with Crippen molar-refractivity contribution in [1.82, 2.24) is 14.6 Å². The van der Waals surface area contributed by atoms with Crippen LogP contribution in [0.15, 0.2) is 53.7 Å². The summed E-state index contributed by atoms with van der Waals surface area (Å²) in [5.41, 5.74) is 2.43. The predicted molar refractivity (Wildman–Crippen MR) is 104 cm³/mol. The maximum Gasteiger partial charge on any atom is 0.242 e. The molecule has 0 atom stereocenters. The number of amides is 1. The van der Waals surface area contributed by atoms with Gasteiger partial charge in [0.05, 0.1) is 0 Å². The van der Waals surface area contributed by atoms with Gasteiger partial charge in [-0.25, -0.2) is 13.1 Å². The Hall–Kier alpha value is -2.45. The van der Waals surface area contributed by atoms with E-state index < -0.39 is 10.0 Å². The number of carbonyl (C=O) groups excluding carboxylic acids is 1. The van der Waals surface area contributed by atoms with E-state index in [9.17, 15) is 13.2 Å². The highest BCUT2D eigenvalue weighted by Crippen LogP contribution is 2.20. The maximum absolute atomic E-state index is 12.4. The zero-order valence-electron chi connectivity index (χ0n) is 15.3. The molecule has 0 unspecified atom stereocenters. The van der Waals surface area contributed by atoms with Gasteiger partial charge in [-0.1, -0.05) is 18.2 Å². The lowest BCUT2D eigenvalue weighted by atomic mass is 10.1. The summed E-state index contributed by atoms with van der Waals surface area (Å²) in [4.78, 5) is 20.4. The molecular weight excluding hydrogens is 364 g/mol. The van der Waals surface area contributed by atoms with E-state index in [2.05, 4.69) is 33.7 Å². The molecule has 7 nitrogen and oxygen atoms in total. The molecule has 2 heterocycles. The number of aromatic nitrogens is 1. The van der Waals surface area contributed by atoms with Crippen LogP contribution in [0.2, 0.25) is 0 Å². The van der Waals surface area contributed by atoms with Crippen LogP contribution in [0, 0.1) is 6.92 Å². The number of anilines is 1.